The number of amides is 2. The van der Waals surface area contributed by atoms with Crippen molar-refractivity contribution in [3.8, 4) is 5.75 Å². The molecule has 0 bridgehead atoms. The lowest BCUT2D eigenvalue weighted by Gasteiger charge is -2.09. The number of benzene rings is 1. The molecule has 20 heavy (non-hydrogen) atoms. The zero-order valence-electron chi connectivity index (χ0n) is 10.2. The summed E-state index contributed by atoms with van der Waals surface area (Å²) in [5, 5.41) is 25.3. The second kappa shape index (κ2) is 6.02. The van der Waals surface area contributed by atoms with Crippen molar-refractivity contribution in [3.63, 3.8) is 0 Å². The first-order valence-electron chi connectivity index (χ1n) is 5.55. The fourth-order valence-electron chi connectivity index (χ4n) is 1.48. The number of hydrogen-bond acceptors (Lipinski definition) is 5. The molecule has 0 saturated heterocycles. The summed E-state index contributed by atoms with van der Waals surface area (Å²) in [6.07, 6.45) is 0. The maximum Gasteiger partial charge on any atom is 0.339 e. The van der Waals surface area contributed by atoms with Crippen molar-refractivity contribution < 1.29 is 19.8 Å². The summed E-state index contributed by atoms with van der Waals surface area (Å²) in [5.41, 5.74) is 2.12. The minimum Gasteiger partial charge on any atom is -0.505 e. The minimum absolute atomic E-state index is 0.0284. The lowest BCUT2D eigenvalue weighted by Crippen LogP contribution is -2.28. The van der Waals surface area contributed by atoms with Gasteiger partial charge in [-0.15, -0.1) is 11.3 Å². The fourth-order valence-corrected chi connectivity index (χ4v) is 2.04. The molecule has 0 aliphatic rings. The number of nitrogens with zero attached hydrogens (tertiary/aromatic N) is 1. The first-order valence-corrected chi connectivity index (χ1v) is 6.49. The number of anilines is 1. The number of nitrogens with one attached hydrogen (secondary N) is 2. The Morgan fingerprint density at radius 1 is 1.35 bits per heavy atom. The summed E-state index contributed by atoms with van der Waals surface area (Å²) in [5.74, 6) is -1.75. The number of urea groups is 1. The summed E-state index contributed by atoms with van der Waals surface area (Å²) in [6, 6.07) is 3.52. The first kappa shape index (κ1) is 13.8. The van der Waals surface area contributed by atoms with E-state index in [-0.39, 0.29) is 17.8 Å². The van der Waals surface area contributed by atoms with Crippen LogP contribution in [0.15, 0.2) is 29.1 Å². The van der Waals surface area contributed by atoms with E-state index in [0.29, 0.717) is 5.69 Å². The van der Waals surface area contributed by atoms with Gasteiger partial charge < -0.3 is 20.8 Å². The third-order valence-electron chi connectivity index (χ3n) is 2.43. The normalized spacial score (nSPS) is 10.0. The number of carbonyl (C=O) groups is 2. The van der Waals surface area contributed by atoms with Gasteiger partial charge in [-0.1, -0.05) is 6.07 Å². The molecule has 8 heteroatoms. The van der Waals surface area contributed by atoms with Crippen LogP contribution in [0.1, 0.15) is 16.1 Å². The number of thiazole rings is 1. The van der Waals surface area contributed by atoms with Gasteiger partial charge in [0.1, 0.15) is 5.56 Å². The van der Waals surface area contributed by atoms with E-state index in [1.807, 2.05) is 0 Å². The number of carboxylic acid groups (broad SMARTS) is 1. The zero-order chi connectivity index (χ0) is 14.5. The van der Waals surface area contributed by atoms with Crippen LogP contribution < -0.4 is 10.6 Å². The van der Waals surface area contributed by atoms with Gasteiger partial charge in [0, 0.05) is 5.38 Å². The highest BCUT2D eigenvalue weighted by Crippen LogP contribution is 2.27. The monoisotopic (exact) mass is 293 g/mol. The first-order chi connectivity index (χ1) is 9.58. The zero-order valence-corrected chi connectivity index (χ0v) is 11.0. The molecule has 0 fully saturated rings. The summed E-state index contributed by atoms with van der Waals surface area (Å²) < 4.78 is 0. The SMILES string of the molecule is O=C(NCc1cscn1)Nc1cccc(C(=O)O)c1O. The molecule has 2 amide bonds. The molecular weight excluding hydrogens is 282 g/mol. The molecule has 0 radical (unpaired) electrons. The molecular formula is C12H11N3O4S. The molecule has 0 spiro atoms. The Labute approximate surface area is 117 Å². The van der Waals surface area contributed by atoms with Crippen LogP contribution in [0.3, 0.4) is 0 Å². The predicted octanol–water partition coefficient (Wildman–Crippen LogP) is 1.87. The van der Waals surface area contributed by atoms with E-state index in [4.69, 9.17) is 5.11 Å². The van der Waals surface area contributed by atoms with Crippen molar-refractivity contribution in [3.05, 3.63) is 40.3 Å². The number of aromatic carboxylic acids is 1. The van der Waals surface area contributed by atoms with Crippen molar-refractivity contribution in [1.29, 1.82) is 0 Å². The molecule has 0 aliphatic carbocycles. The van der Waals surface area contributed by atoms with Gasteiger partial charge in [-0.05, 0) is 12.1 Å². The van der Waals surface area contributed by atoms with E-state index in [9.17, 15) is 14.7 Å². The van der Waals surface area contributed by atoms with E-state index in [0.717, 1.165) is 0 Å². The number of carbonyl (C=O) groups excluding carboxylic acids is 1. The van der Waals surface area contributed by atoms with Gasteiger partial charge in [0.2, 0.25) is 0 Å². The Balaban J connectivity index is 2.01. The number of aromatic nitrogens is 1. The third-order valence-corrected chi connectivity index (χ3v) is 3.06. The van der Waals surface area contributed by atoms with Crippen LogP contribution in [0.2, 0.25) is 0 Å². The minimum atomic E-state index is -1.27. The average Bonchev–Trinajstić information content (AvgIpc) is 2.91. The molecule has 0 saturated carbocycles. The topological polar surface area (TPSA) is 112 Å². The van der Waals surface area contributed by atoms with E-state index < -0.39 is 17.7 Å². The van der Waals surface area contributed by atoms with Crippen LogP contribution in [0.25, 0.3) is 0 Å². The number of para-hydroxylation sites is 1. The van der Waals surface area contributed by atoms with Gasteiger partial charge in [-0.25, -0.2) is 14.6 Å². The molecule has 1 aromatic heterocycles. The highest BCUT2D eigenvalue weighted by Gasteiger charge is 2.14. The predicted molar refractivity (Wildman–Crippen MR) is 73.0 cm³/mol. The van der Waals surface area contributed by atoms with E-state index in [1.165, 1.54) is 29.5 Å². The fraction of sp³-hybridized carbons (Fsp3) is 0.0833. The standard InChI is InChI=1S/C12H11N3O4S/c16-10-8(11(17)18)2-1-3-9(10)15-12(19)13-4-7-5-20-6-14-7/h1-3,5-6,16H,4H2,(H,17,18)(H2,13,15,19). The van der Waals surface area contributed by atoms with E-state index >= 15 is 0 Å². The van der Waals surface area contributed by atoms with Gasteiger partial charge in [0.05, 0.1) is 23.4 Å². The highest BCUT2D eigenvalue weighted by molar-refractivity contribution is 7.07. The summed E-state index contributed by atoms with van der Waals surface area (Å²) in [6.45, 7) is 0.245. The van der Waals surface area contributed by atoms with Crippen molar-refractivity contribution in [2.24, 2.45) is 0 Å². The van der Waals surface area contributed by atoms with Crippen molar-refractivity contribution in [2.45, 2.75) is 6.54 Å². The van der Waals surface area contributed by atoms with Crippen molar-refractivity contribution >= 4 is 29.0 Å². The molecule has 7 nitrogen and oxygen atoms in total. The van der Waals surface area contributed by atoms with Crippen molar-refractivity contribution in [2.75, 3.05) is 5.32 Å². The number of hydrogen-bond donors (Lipinski definition) is 4. The lowest BCUT2D eigenvalue weighted by molar-refractivity contribution is 0.0694. The van der Waals surface area contributed by atoms with Gasteiger partial charge >= 0.3 is 12.0 Å². The van der Waals surface area contributed by atoms with Crippen LogP contribution >= 0.6 is 11.3 Å². The molecule has 104 valence electrons. The summed E-state index contributed by atoms with van der Waals surface area (Å²) in [4.78, 5) is 26.5. The number of rotatable bonds is 4. The van der Waals surface area contributed by atoms with Crippen LogP contribution in [-0.2, 0) is 6.54 Å². The van der Waals surface area contributed by atoms with Crippen LogP contribution in [0.4, 0.5) is 10.5 Å². The largest absolute Gasteiger partial charge is 0.505 e. The molecule has 1 aromatic carbocycles. The van der Waals surface area contributed by atoms with Gasteiger partial charge in [0.25, 0.3) is 0 Å². The summed E-state index contributed by atoms with van der Waals surface area (Å²) in [7, 11) is 0. The molecule has 0 unspecified atom stereocenters. The second-order valence-corrected chi connectivity index (χ2v) is 4.51. The quantitative estimate of drug-likeness (QED) is 0.643. The number of phenols is 1. The third kappa shape index (κ3) is 3.23. The maximum absolute atomic E-state index is 11.6. The van der Waals surface area contributed by atoms with E-state index in [1.54, 1.807) is 10.9 Å². The Morgan fingerprint density at radius 3 is 2.80 bits per heavy atom. The Bertz CT molecular complexity index is 628. The van der Waals surface area contributed by atoms with Crippen LogP contribution in [0, 0.1) is 0 Å². The maximum atomic E-state index is 11.6. The van der Waals surface area contributed by atoms with Gasteiger partial charge in [0.15, 0.2) is 5.75 Å². The molecule has 2 rings (SSSR count). The lowest BCUT2D eigenvalue weighted by atomic mass is 10.2. The van der Waals surface area contributed by atoms with Crippen LogP contribution in [-0.4, -0.2) is 27.2 Å². The highest BCUT2D eigenvalue weighted by atomic mass is 32.1. The Hall–Kier alpha value is -2.61. The Morgan fingerprint density at radius 2 is 2.15 bits per heavy atom. The van der Waals surface area contributed by atoms with Crippen molar-refractivity contribution in [1.82, 2.24) is 10.3 Å². The average molecular weight is 293 g/mol. The Kier molecular flexibility index (Phi) is 4.16. The summed E-state index contributed by atoms with van der Waals surface area (Å²) >= 11 is 1.41. The van der Waals surface area contributed by atoms with Gasteiger partial charge in [-0.2, -0.15) is 0 Å². The van der Waals surface area contributed by atoms with Gasteiger partial charge in [-0.3, -0.25) is 0 Å². The number of carboxylic acids is 1. The van der Waals surface area contributed by atoms with E-state index in [2.05, 4.69) is 15.6 Å². The van der Waals surface area contributed by atoms with Crippen LogP contribution in [0.5, 0.6) is 5.75 Å². The molecule has 0 atom stereocenters. The molecule has 1 heterocycles. The molecule has 0 aliphatic heterocycles. The number of aromatic hydroxyl groups is 1. The molecule has 2 aromatic rings. The molecule has 4 N–H and O–H groups in total. The smallest absolute Gasteiger partial charge is 0.339 e. The second-order valence-electron chi connectivity index (χ2n) is 3.79.